The number of pyridine rings is 1. The summed E-state index contributed by atoms with van der Waals surface area (Å²) in [6.45, 7) is 6.66. The van der Waals surface area contributed by atoms with Crippen molar-refractivity contribution in [3.8, 4) is 0 Å². The summed E-state index contributed by atoms with van der Waals surface area (Å²) in [5, 5.41) is 6.94. The molecule has 0 radical (unpaired) electrons. The fourth-order valence-corrected chi connectivity index (χ4v) is 4.18. The SMILES string of the molecule is CCN1C(=O)NC(=O)C12CCN(C(=O)c1cc(C)nc3onc(C)c13)CC2. The van der Waals surface area contributed by atoms with Crippen LogP contribution in [0.3, 0.4) is 0 Å². The van der Waals surface area contributed by atoms with Gasteiger partial charge in [-0.1, -0.05) is 5.16 Å². The minimum atomic E-state index is -0.848. The lowest BCUT2D eigenvalue weighted by Crippen LogP contribution is -2.57. The molecule has 0 bridgehead atoms. The van der Waals surface area contributed by atoms with E-state index in [4.69, 9.17) is 4.52 Å². The summed E-state index contributed by atoms with van der Waals surface area (Å²) in [5.41, 5.74) is 1.30. The number of urea groups is 1. The molecule has 4 rings (SSSR count). The third kappa shape index (κ3) is 2.48. The van der Waals surface area contributed by atoms with Crippen LogP contribution in [0.2, 0.25) is 0 Å². The van der Waals surface area contributed by atoms with E-state index >= 15 is 0 Å². The first kappa shape index (κ1) is 17.4. The van der Waals surface area contributed by atoms with Crippen LogP contribution in [-0.4, -0.2) is 63.0 Å². The molecule has 9 nitrogen and oxygen atoms in total. The lowest BCUT2D eigenvalue weighted by atomic mass is 9.85. The van der Waals surface area contributed by atoms with Crippen LogP contribution in [-0.2, 0) is 4.79 Å². The van der Waals surface area contributed by atoms with E-state index in [9.17, 15) is 14.4 Å². The van der Waals surface area contributed by atoms with Gasteiger partial charge in [0.25, 0.3) is 17.5 Å². The lowest BCUT2D eigenvalue weighted by molar-refractivity contribution is -0.128. The number of amides is 4. The van der Waals surface area contributed by atoms with E-state index in [1.807, 2.05) is 6.92 Å². The fraction of sp³-hybridized carbons (Fsp3) is 0.500. The largest absolute Gasteiger partial charge is 0.338 e. The van der Waals surface area contributed by atoms with Gasteiger partial charge in [0.2, 0.25) is 0 Å². The molecule has 2 aliphatic rings. The predicted octanol–water partition coefficient (Wildman–Crippen LogP) is 1.39. The van der Waals surface area contributed by atoms with Crippen LogP contribution in [0, 0.1) is 13.8 Å². The molecule has 4 amide bonds. The Morgan fingerprint density at radius 2 is 2.00 bits per heavy atom. The number of carbonyl (C=O) groups excluding carboxylic acids is 3. The highest BCUT2D eigenvalue weighted by Gasteiger charge is 2.53. The quantitative estimate of drug-likeness (QED) is 0.799. The van der Waals surface area contributed by atoms with Crippen molar-refractivity contribution < 1.29 is 18.9 Å². The van der Waals surface area contributed by atoms with Crippen LogP contribution in [0.5, 0.6) is 0 Å². The van der Waals surface area contributed by atoms with Crippen LogP contribution in [0.25, 0.3) is 11.1 Å². The predicted molar refractivity (Wildman–Crippen MR) is 95.1 cm³/mol. The standard InChI is InChI=1S/C18H21N5O4/c1-4-23-17(26)20-16(25)18(23)5-7-22(8-6-18)15(24)12-9-10(2)19-14-13(12)11(3)21-27-14/h9H,4-8H2,1-3H3,(H,20,25,26). The molecule has 2 saturated heterocycles. The molecule has 2 aromatic rings. The number of imide groups is 1. The van der Waals surface area contributed by atoms with E-state index in [1.165, 1.54) is 0 Å². The average molecular weight is 371 g/mol. The summed E-state index contributed by atoms with van der Waals surface area (Å²) < 4.78 is 5.21. The number of likely N-dealkylation sites (tertiary alicyclic amines) is 1. The third-order valence-corrected chi connectivity index (χ3v) is 5.57. The van der Waals surface area contributed by atoms with Gasteiger partial charge in [-0.05, 0) is 39.7 Å². The van der Waals surface area contributed by atoms with Gasteiger partial charge in [0.1, 0.15) is 5.54 Å². The Balaban J connectivity index is 1.61. The van der Waals surface area contributed by atoms with E-state index in [0.717, 1.165) is 0 Å². The number of hydrogen-bond donors (Lipinski definition) is 1. The van der Waals surface area contributed by atoms with E-state index in [2.05, 4.69) is 15.5 Å². The van der Waals surface area contributed by atoms with E-state index < -0.39 is 5.54 Å². The van der Waals surface area contributed by atoms with Gasteiger partial charge in [-0.3, -0.25) is 14.9 Å². The Morgan fingerprint density at radius 1 is 1.30 bits per heavy atom. The Hall–Kier alpha value is -2.97. The first-order valence-electron chi connectivity index (χ1n) is 9.03. The zero-order chi connectivity index (χ0) is 19.3. The Kier molecular flexibility index (Phi) is 3.90. The first-order valence-corrected chi connectivity index (χ1v) is 9.03. The smallest absolute Gasteiger partial charge is 0.325 e. The number of nitrogens with one attached hydrogen (secondary N) is 1. The second-order valence-corrected chi connectivity index (χ2v) is 7.09. The molecule has 9 heteroatoms. The van der Waals surface area contributed by atoms with Crippen molar-refractivity contribution in [2.24, 2.45) is 0 Å². The van der Waals surface area contributed by atoms with Gasteiger partial charge in [-0.2, -0.15) is 0 Å². The molecule has 2 fully saturated rings. The van der Waals surface area contributed by atoms with Crippen LogP contribution in [0.15, 0.2) is 10.6 Å². The van der Waals surface area contributed by atoms with Gasteiger partial charge in [-0.15, -0.1) is 0 Å². The number of rotatable bonds is 2. The minimum Gasteiger partial charge on any atom is -0.338 e. The highest BCUT2D eigenvalue weighted by Crippen LogP contribution is 2.34. The molecular formula is C18H21N5O4. The van der Waals surface area contributed by atoms with E-state index in [1.54, 1.807) is 29.7 Å². The third-order valence-electron chi connectivity index (χ3n) is 5.57. The van der Waals surface area contributed by atoms with E-state index in [-0.39, 0.29) is 17.8 Å². The van der Waals surface area contributed by atoms with Crippen molar-refractivity contribution in [3.05, 3.63) is 23.0 Å². The van der Waals surface area contributed by atoms with Gasteiger partial charge in [0, 0.05) is 25.3 Å². The molecule has 0 atom stereocenters. The maximum Gasteiger partial charge on any atom is 0.325 e. The van der Waals surface area contributed by atoms with Gasteiger partial charge in [-0.25, -0.2) is 9.78 Å². The van der Waals surface area contributed by atoms with Crippen molar-refractivity contribution >= 4 is 28.9 Å². The van der Waals surface area contributed by atoms with Gasteiger partial charge in [0.05, 0.1) is 16.6 Å². The topological polar surface area (TPSA) is 109 Å². The Morgan fingerprint density at radius 3 is 2.67 bits per heavy atom. The molecule has 1 spiro atoms. The van der Waals surface area contributed by atoms with Crippen molar-refractivity contribution in [2.45, 2.75) is 39.2 Å². The van der Waals surface area contributed by atoms with E-state index in [0.29, 0.717) is 60.5 Å². The summed E-state index contributed by atoms with van der Waals surface area (Å²) in [5.74, 6) is -0.405. The molecular weight excluding hydrogens is 350 g/mol. The van der Waals surface area contributed by atoms with Crippen molar-refractivity contribution in [3.63, 3.8) is 0 Å². The second-order valence-electron chi connectivity index (χ2n) is 7.09. The lowest BCUT2D eigenvalue weighted by Gasteiger charge is -2.41. The molecule has 4 heterocycles. The first-order chi connectivity index (χ1) is 12.9. The molecule has 2 aliphatic heterocycles. The van der Waals surface area contributed by atoms with Crippen LogP contribution >= 0.6 is 0 Å². The summed E-state index contributed by atoms with van der Waals surface area (Å²) in [4.78, 5) is 45.2. The highest BCUT2D eigenvalue weighted by molar-refractivity contribution is 6.08. The van der Waals surface area contributed by atoms with Crippen LogP contribution in [0.4, 0.5) is 4.79 Å². The monoisotopic (exact) mass is 371 g/mol. The molecule has 0 saturated carbocycles. The molecule has 27 heavy (non-hydrogen) atoms. The molecule has 0 aromatic carbocycles. The molecule has 2 aromatic heterocycles. The second kappa shape index (κ2) is 6.04. The maximum atomic E-state index is 13.2. The van der Waals surface area contributed by atoms with Gasteiger partial charge >= 0.3 is 6.03 Å². The van der Waals surface area contributed by atoms with Crippen LogP contribution in [0.1, 0.15) is 41.5 Å². The maximum absolute atomic E-state index is 13.2. The van der Waals surface area contributed by atoms with Gasteiger partial charge in [0.15, 0.2) is 0 Å². The number of piperidine rings is 1. The number of aromatic nitrogens is 2. The molecule has 0 unspecified atom stereocenters. The average Bonchev–Trinajstić information content (AvgIpc) is 3.12. The number of hydrogen-bond acceptors (Lipinski definition) is 6. The number of nitrogens with zero attached hydrogens (tertiary/aromatic N) is 4. The van der Waals surface area contributed by atoms with Crippen molar-refractivity contribution in [2.75, 3.05) is 19.6 Å². The number of carbonyl (C=O) groups is 3. The van der Waals surface area contributed by atoms with Crippen molar-refractivity contribution in [1.82, 2.24) is 25.3 Å². The summed E-state index contributed by atoms with van der Waals surface area (Å²) >= 11 is 0. The number of likely N-dealkylation sites (N-methyl/N-ethyl adjacent to an activating group) is 1. The molecule has 1 N–H and O–H groups in total. The Bertz CT molecular complexity index is 958. The van der Waals surface area contributed by atoms with Crippen molar-refractivity contribution in [1.29, 1.82) is 0 Å². The summed E-state index contributed by atoms with van der Waals surface area (Å²) in [6, 6.07) is 1.39. The zero-order valence-electron chi connectivity index (χ0n) is 15.5. The van der Waals surface area contributed by atoms with Gasteiger partial charge < -0.3 is 14.3 Å². The fourth-order valence-electron chi connectivity index (χ4n) is 4.18. The highest BCUT2D eigenvalue weighted by atomic mass is 16.5. The Labute approximate surface area is 155 Å². The summed E-state index contributed by atoms with van der Waals surface area (Å²) in [7, 11) is 0. The zero-order valence-corrected chi connectivity index (χ0v) is 15.5. The number of aryl methyl sites for hydroxylation is 2. The summed E-state index contributed by atoms with van der Waals surface area (Å²) in [6.07, 6.45) is 0.833. The molecule has 0 aliphatic carbocycles. The number of fused-ring (bicyclic) bond motifs is 1. The van der Waals surface area contributed by atoms with Crippen LogP contribution < -0.4 is 5.32 Å². The molecule has 142 valence electrons. The normalized spacial score (nSPS) is 19.2. The minimum absolute atomic E-state index is 0.139.